The SMILES string of the molecule is CCCCN1C(=O)c2c3c(Cl)cccc3nc3c(C)c(C)cc1c23. The number of halogens is 1. The Morgan fingerprint density at radius 3 is 2.75 bits per heavy atom. The zero-order valence-electron chi connectivity index (χ0n) is 14.1. The lowest BCUT2D eigenvalue weighted by molar-refractivity contribution is 0.0994. The van der Waals surface area contributed by atoms with Gasteiger partial charge >= 0.3 is 0 Å². The fraction of sp³-hybridized carbons (Fsp3) is 0.300. The quantitative estimate of drug-likeness (QED) is 0.597. The molecule has 0 atom stereocenters. The Balaban J connectivity index is 2.16. The van der Waals surface area contributed by atoms with Crippen LogP contribution in [0.15, 0.2) is 24.3 Å². The maximum atomic E-state index is 13.2. The summed E-state index contributed by atoms with van der Waals surface area (Å²) in [6.45, 7) is 7.02. The van der Waals surface area contributed by atoms with E-state index in [1.165, 1.54) is 0 Å². The Kier molecular flexibility index (Phi) is 3.50. The number of anilines is 1. The van der Waals surface area contributed by atoms with E-state index in [2.05, 4.69) is 26.8 Å². The maximum absolute atomic E-state index is 13.2. The van der Waals surface area contributed by atoms with Crippen LogP contribution in [0.5, 0.6) is 0 Å². The molecule has 4 rings (SSSR count). The van der Waals surface area contributed by atoms with Gasteiger partial charge in [-0.15, -0.1) is 0 Å². The number of pyridine rings is 1. The topological polar surface area (TPSA) is 33.2 Å². The molecule has 1 aromatic heterocycles. The molecule has 3 aromatic rings. The number of fused-ring (bicyclic) bond motifs is 2. The third kappa shape index (κ3) is 1.97. The van der Waals surface area contributed by atoms with E-state index in [0.29, 0.717) is 5.02 Å². The zero-order chi connectivity index (χ0) is 17.0. The van der Waals surface area contributed by atoms with Gasteiger partial charge in [-0.3, -0.25) is 4.79 Å². The van der Waals surface area contributed by atoms with Crippen molar-refractivity contribution in [3.63, 3.8) is 0 Å². The van der Waals surface area contributed by atoms with Gasteiger partial charge in [0.25, 0.3) is 5.91 Å². The first-order chi connectivity index (χ1) is 11.5. The third-order valence-corrected chi connectivity index (χ3v) is 5.32. The Morgan fingerprint density at radius 1 is 1.21 bits per heavy atom. The van der Waals surface area contributed by atoms with Gasteiger partial charge in [-0.05, 0) is 49.6 Å². The van der Waals surface area contributed by atoms with E-state index in [4.69, 9.17) is 16.6 Å². The van der Waals surface area contributed by atoms with E-state index in [9.17, 15) is 4.79 Å². The summed E-state index contributed by atoms with van der Waals surface area (Å²) in [5.41, 5.74) is 5.69. The third-order valence-electron chi connectivity index (χ3n) is 5.00. The Bertz CT molecular complexity index is 1010. The first-order valence-electron chi connectivity index (χ1n) is 8.38. The molecule has 1 aliphatic heterocycles. The van der Waals surface area contributed by atoms with Crippen LogP contribution in [0.4, 0.5) is 5.69 Å². The Morgan fingerprint density at radius 2 is 2.00 bits per heavy atom. The molecule has 122 valence electrons. The average Bonchev–Trinajstić information content (AvgIpc) is 2.83. The van der Waals surface area contributed by atoms with Crippen molar-refractivity contribution in [3.05, 3.63) is 46.0 Å². The summed E-state index contributed by atoms with van der Waals surface area (Å²) in [6.07, 6.45) is 2.03. The van der Waals surface area contributed by atoms with Gasteiger partial charge < -0.3 is 4.90 Å². The Hall–Kier alpha value is -2.13. The number of carbonyl (C=O) groups excluding carboxylic acids is 1. The molecular weight excluding hydrogens is 320 g/mol. The molecule has 0 N–H and O–H groups in total. The molecule has 3 nitrogen and oxygen atoms in total. The van der Waals surface area contributed by atoms with Gasteiger partial charge in [0, 0.05) is 17.3 Å². The molecule has 0 aliphatic carbocycles. The predicted molar refractivity (Wildman–Crippen MR) is 100 cm³/mol. The second-order valence-corrected chi connectivity index (χ2v) is 6.90. The van der Waals surface area contributed by atoms with Crippen molar-refractivity contribution >= 4 is 45.0 Å². The number of benzene rings is 2. The van der Waals surface area contributed by atoms with E-state index < -0.39 is 0 Å². The van der Waals surface area contributed by atoms with E-state index in [0.717, 1.165) is 63.6 Å². The zero-order valence-corrected chi connectivity index (χ0v) is 14.9. The predicted octanol–water partition coefficient (Wildman–Crippen LogP) is 5.42. The van der Waals surface area contributed by atoms with Crippen LogP contribution < -0.4 is 4.90 Å². The summed E-state index contributed by atoms with van der Waals surface area (Å²) in [6, 6.07) is 7.76. The fourth-order valence-electron chi connectivity index (χ4n) is 3.58. The molecule has 0 saturated carbocycles. The molecule has 4 heteroatoms. The minimum Gasteiger partial charge on any atom is -0.308 e. The van der Waals surface area contributed by atoms with Crippen LogP contribution in [0.1, 0.15) is 41.3 Å². The van der Waals surface area contributed by atoms with Crippen LogP contribution >= 0.6 is 11.6 Å². The van der Waals surface area contributed by atoms with E-state index >= 15 is 0 Å². The lowest BCUT2D eigenvalue weighted by Gasteiger charge is -2.18. The minimum absolute atomic E-state index is 0.0500. The number of nitrogens with zero attached hydrogens (tertiary/aromatic N) is 2. The molecule has 2 heterocycles. The summed E-state index contributed by atoms with van der Waals surface area (Å²) in [7, 11) is 0. The van der Waals surface area contributed by atoms with Crippen molar-refractivity contribution in [2.45, 2.75) is 33.6 Å². The van der Waals surface area contributed by atoms with Crippen LogP contribution in [0, 0.1) is 13.8 Å². The van der Waals surface area contributed by atoms with Gasteiger partial charge in [0.15, 0.2) is 0 Å². The number of hydrogen-bond acceptors (Lipinski definition) is 2. The lowest BCUT2D eigenvalue weighted by Crippen LogP contribution is -2.27. The van der Waals surface area contributed by atoms with Crippen molar-refractivity contribution in [2.75, 3.05) is 11.4 Å². The van der Waals surface area contributed by atoms with Crippen molar-refractivity contribution in [3.8, 4) is 0 Å². The maximum Gasteiger partial charge on any atom is 0.259 e. The van der Waals surface area contributed by atoms with Crippen molar-refractivity contribution in [1.29, 1.82) is 0 Å². The van der Waals surface area contributed by atoms with Crippen molar-refractivity contribution < 1.29 is 4.79 Å². The number of hydrogen-bond donors (Lipinski definition) is 0. The molecule has 0 radical (unpaired) electrons. The van der Waals surface area contributed by atoms with Crippen molar-refractivity contribution in [2.24, 2.45) is 0 Å². The van der Waals surface area contributed by atoms with Gasteiger partial charge in [-0.25, -0.2) is 4.98 Å². The average molecular weight is 339 g/mol. The standard InChI is InChI=1S/C20H19ClN2O/c1-4-5-9-23-15-10-11(2)12(3)19-17(15)18(20(23)24)16-13(21)7-6-8-14(16)22-19/h6-8,10H,4-5,9H2,1-3H3. The van der Waals surface area contributed by atoms with Gasteiger partial charge in [-0.2, -0.15) is 0 Å². The second kappa shape index (κ2) is 5.45. The summed E-state index contributed by atoms with van der Waals surface area (Å²) in [5, 5.41) is 2.33. The summed E-state index contributed by atoms with van der Waals surface area (Å²) >= 11 is 6.44. The normalized spacial score (nSPS) is 13.5. The molecule has 24 heavy (non-hydrogen) atoms. The number of aromatic nitrogens is 1. The first kappa shape index (κ1) is 15.4. The largest absolute Gasteiger partial charge is 0.308 e. The highest BCUT2D eigenvalue weighted by atomic mass is 35.5. The Labute approximate surface area is 146 Å². The number of carbonyl (C=O) groups is 1. The minimum atomic E-state index is 0.0500. The molecule has 0 saturated heterocycles. The second-order valence-electron chi connectivity index (χ2n) is 6.49. The highest BCUT2D eigenvalue weighted by Crippen LogP contribution is 2.44. The molecule has 2 aromatic carbocycles. The van der Waals surface area contributed by atoms with E-state index in [-0.39, 0.29) is 5.91 Å². The molecule has 0 unspecified atom stereocenters. The molecule has 0 fully saturated rings. The van der Waals surface area contributed by atoms with Gasteiger partial charge in [0.1, 0.15) is 0 Å². The van der Waals surface area contributed by atoms with Crippen LogP contribution in [-0.2, 0) is 0 Å². The van der Waals surface area contributed by atoms with Crippen molar-refractivity contribution in [1.82, 2.24) is 4.98 Å². The lowest BCUT2D eigenvalue weighted by atomic mass is 9.99. The molecule has 0 bridgehead atoms. The summed E-state index contributed by atoms with van der Waals surface area (Å²) in [5.74, 6) is 0.0500. The molecule has 1 aliphatic rings. The van der Waals surface area contributed by atoms with E-state index in [1.807, 2.05) is 23.1 Å². The fourth-order valence-corrected chi connectivity index (χ4v) is 3.84. The molecular formula is C20H19ClN2O. The van der Waals surface area contributed by atoms with Crippen LogP contribution in [0.2, 0.25) is 5.02 Å². The summed E-state index contributed by atoms with van der Waals surface area (Å²) in [4.78, 5) is 20.0. The number of aryl methyl sites for hydroxylation is 2. The highest BCUT2D eigenvalue weighted by Gasteiger charge is 2.33. The van der Waals surface area contributed by atoms with Crippen LogP contribution in [0.3, 0.4) is 0 Å². The van der Waals surface area contributed by atoms with E-state index in [1.54, 1.807) is 0 Å². The van der Waals surface area contributed by atoms with Gasteiger partial charge in [-0.1, -0.05) is 31.0 Å². The monoisotopic (exact) mass is 338 g/mol. The van der Waals surface area contributed by atoms with Crippen LogP contribution in [0.25, 0.3) is 21.8 Å². The highest BCUT2D eigenvalue weighted by molar-refractivity contribution is 6.40. The van der Waals surface area contributed by atoms with Crippen LogP contribution in [-0.4, -0.2) is 17.4 Å². The number of amides is 1. The number of unbranched alkanes of at least 4 members (excludes halogenated alkanes) is 1. The first-order valence-corrected chi connectivity index (χ1v) is 8.76. The molecule has 0 spiro atoms. The molecule has 1 amide bonds. The summed E-state index contributed by atoms with van der Waals surface area (Å²) < 4.78 is 0. The van der Waals surface area contributed by atoms with Gasteiger partial charge in [0.2, 0.25) is 0 Å². The number of rotatable bonds is 3. The smallest absolute Gasteiger partial charge is 0.259 e. The van der Waals surface area contributed by atoms with Gasteiger partial charge in [0.05, 0.1) is 27.3 Å².